The van der Waals surface area contributed by atoms with Crippen LogP contribution >= 0.6 is 27.3 Å². The number of ether oxygens (including phenoxy) is 1. The maximum absolute atomic E-state index is 12.5. The second kappa shape index (κ2) is 7.62. The molecule has 2 rings (SSSR count). The Kier molecular flexibility index (Phi) is 6.15. The van der Waals surface area contributed by atoms with Crippen molar-refractivity contribution in [2.24, 2.45) is 0 Å². The molecule has 0 saturated heterocycles. The number of sulfonamides is 2. The topological polar surface area (TPSA) is 102 Å². The first-order valence-corrected chi connectivity index (χ1v) is 11.6. The first-order chi connectivity index (χ1) is 11.5. The lowest BCUT2D eigenvalue weighted by molar-refractivity contribution is 0.416. The minimum Gasteiger partial charge on any atom is -0.495 e. The van der Waals surface area contributed by atoms with Gasteiger partial charge in [0.05, 0.1) is 21.5 Å². The van der Waals surface area contributed by atoms with E-state index in [-0.39, 0.29) is 26.6 Å². The molecular weight excluding hydrogens is 452 g/mol. The molecule has 2 N–H and O–H groups in total. The minimum atomic E-state index is -3.87. The number of thiophene rings is 1. The molecule has 0 aliphatic carbocycles. The van der Waals surface area contributed by atoms with Crippen LogP contribution in [-0.2, 0) is 20.0 Å². The highest BCUT2D eigenvalue weighted by Gasteiger charge is 2.22. The van der Waals surface area contributed by atoms with E-state index in [2.05, 4.69) is 25.4 Å². The predicted octanol–water partition coefficient (Wildman–Crippen LogP) is 3.01. The maximum atomic E-state index is 12.5. The molecular formula is C14H17BrN2O5S3. The Labute approximate surface area is 159 Å². The van der Waals surface area contributed by atoms with Crippen molar-refractivity contribution in [3.8, 4) is 5.75 Å². The van der Waals surface area contributed by atoms with Crippen LogP contribution in [0, 0.1) is 0 Å². The summed E-state index contributed by atoms with van der Waals surface area (Å²) in [6, 6.07) is 6.74. The van der Waals surface area contributed by atoms with Gasteiger partial charge >= 0.3 is 0 Å². The van der Waals surface area contributed by atoms with Crippen LogP contribution < -0.4 is 14.2 Å². The molecule has 0 spiro atoms. The van der Waals surface area contributed by atoms with Gasteiger partial charge in [-0.05, 0) is 60.1 Å². The van der Waals surface area contributed by atoms with E-state index in [1.54, 1.807) is 19.9 Å². The molecule has 0 saturated carbocycles. The number of nitrogens with one attached hydrogen (secondary N) is 2. The predicted molar refractivity (Wildman–Crippen MR) is 101 cm³/mol. The van der Waals surface area contributed by atoms with Crippen molar-refractivity contribution in [2.45, 2.75) is 29.0 Å². The average molecular weight is 469 g/mol. The fourth-order valence-electron chi connectivity index (χ4n) is 1.95. The summed E-state index contributed by atoms with van der Waals surface area (Å²) in [5.74, 6) is 0.211. The number of benzene rings is 1. The monoisotopic (exact) mass is 468 g/mol. The lowest BCUT2D eigenvalue weighted by Crippen LogP contribution is -2.30. The molecule has 1 aromatic heterocycles. The standard InChI is InChI=1S/C14H17BrN2O5S3/c1-9(2)16-24(18,19)10-4-5-12(22-3)11(8-10)17-25(20,21)14-7-6-13(15)23-14/h4-9,16-17H,1-3H3. The zero-order chi connectivity index (χ0) is 18.8. The Bertz CT molecular complexity index is 968. The van der Waals surface area contributed by atoms with Crippen molar-refractivity contribution in [1.29, 1.82) is 0 Å². The van der Waals surface area contributed by atoms with Gasteiger partial charge in [-0.1, -0.05) is 0 Å². The van der Waals surface area contributed by atoms with Gasteiger partial charge in [0.1, 0.15) is 9.96 Å². The van der Waals surface area contributed by atoms with Gasteiger partial charge < -0.3 is 4.74 Å². The Hall–Kier alpha value is -1.14. The highest BCUT2D eigenvalue weighted by molar-refractivity contribution is 9.11. The van der Waals surface area contributed by atoms with Gasteiger partial charge in [0.2, 0.25) is 10.0 Å². The Morgan fingerprint density at radius 2 is 1.76 bits per heavy atom. The lowest BCUT2D eigenvalue weighted by atomic mass is 10.3. The molecule has 0 bridgehead atoms. The van der Waals surface area contributed by atoms with Crippen LogP contribution in [0.2, 0.25) is 0 Å². The first kappa shape index (κ1) is 20.2. The van der Waals surface area contributed by atoms with E-state index in [0.717, 1.165) is 11.3 Å². The van der Waals surface area contributed by atoms with E-state index in [0.29, 0.717) is 3.79 Å². The average Bonchev–Trinajstić information content (AvgIpc) is 2.93. The highest BCUT2D eigenvalue weighted by atomic mass is 79.9. The van der Waals surface area contributed by atoms with Crippen LogP contribution in [0.4, 0.5) is 5.69 Å². The molecule has 1 aromatic carbocycles. The largest absolute Gasteiger partial charge is 0.495 e. The number of rotatable bonds is 7. The Morgan fingerprint density at radius 3 is 2.28 bits per heavy atom. The third-order valence-corrected chi connectivity index (χ3v) is 8.07. The molecule has 11 heteroatoms. The molecule has 1 heterocycles. The smallest absolute Gasteiger partial charge is 0.271 e. The van der Waals surface area contributed by atoms with E-state index in [4.69, 9.17) is 4.74 Å². The highest BCUT2D eigenvalue weighted by Crippen LogP contribution is 2.32. The summed E-state index contributed by atoms with van der Waals surface area (Å²) in [6.45, 7) is 3.39. The van der Waals surface area contributed by atoms with Gasteiger partial charge in [-0.2, -0.15) is 0 Å². The van der Waals surface area contributed by atoms with Gasteiger partial charge in [0.25, 0.3) is 10.0 Å². The van der Waals surface area contributed by atoms with Crippen LogP contribution in [0.1, 0.15) is 13.8 Å². The van der Waals surface area contributed by atoms with Gasteiger partial charge in [-0.3, -0.25) is 4.72 Å². The molecule has 0 aliphatic heterocycles. The fraction of sp³-hybridized carbons (Fsp3) is 0.286. The van der Waals surface area contributed by atoms with E-state index < -0.39 is 20.0 Å². The normalized spacial score (nSPS) is 12.4. The number of hydrogen-bond acceptors (Lipinski definition) is 6. The van der Waals surface area contributed by atoms with Crippen molar-refractivity contribution < 1.29 is 21.6 Å². The maximum Gasteiger partial charge on any atom is 0.271 e. The van der Waals surface area contributed by atoms with Crippen LogP contribution in [0.15, 0.2) is 43.2 Å². The van der Waals surface area contributed by atoms with Crippen molar-refractivity contribution in [2.75, 3.05) is 11.8 Å². The molecule has 0 atom stereocenters. The zero-order valence-corrected chi connectivity index (χ0v) is 17.6. The summed E-state index contributed by atoms with van der Waals surface area (Å²) in [6.07, 6.45) is 0. The third-order valence-electron chi connectivity index (χ3n) is 2.93. The summed E-state index contributed by atoms with van der Waals surface area (Å²) < 4.78 is 60.3. The van der Waals surface area contributed by atoms with Crippen LogP contribution in [-0.4, -0.2) is 30.0 Å². The number of halogens is 1. The quantitative estimate of drug-likeness (QED) is 0.649. The van der Waals surface area contributed by atoms with E-state index >= 15 is 0 Å². The number of methoxy groups -OCH3 is 1. The molecule has 25 heavy (non-hydrogen) atoms. The molecule has 2 aromatic rings. The molecule has 0 amide bonds. The molecule has 0 fully saturated rings. The fourth-order valence-corrected chi connectivity index (χ4v) is 6.30. The van der Waals surface area contributed by atoms with Crippen molar-refractivity contribution in [3.63, 3.8) is 0 Å². The van der Waals surface area contributed by atoms with Gasteiger partial charge in [0, 0.05) is 6.04 Å². The van der Waals surface area contributed by atoms with E-state index in [1.165, 1.54) is 31.4 Å². The third kappa shape index (κ3) is 4.94. The molecule has 138 valence electrons. The second-order valence-corrected chi connectivity index (χ2v) is 11.4. The van der Waals surface area contributed by atoms with E-state index in [9.17, 15) is 16.8 Å². The lowest BCUT2D eigenvalue weighted by Gasteiger charge is -2.14. The van der Waals surface area contributed by atoms with Crippen molar-refractivity contribution in [1.82, 2.24) is 4.72 Å². The van der Waals surface area contributed by atoms with E-state index in [1.807, 2.05) is 0 Å². The summed E-state index contributed by atoms with van der Waals surface area (Å²) >= 11 is 4.25. The van der Waals surface area contributed by atoms with Crippen LogP contribution in [0.5, 0.6) is 5.75 Å². The molecule has 0 aliphatic rings. The minimum absolute atomic E-state index is 0.0404. The Balaban J connectivity index is 2.45. The number of hydrogen-bond donors (Lipinski definition) is 2. The molecule has 0 unspecified atom stereocenters. The molecule has 7 nitrogen and oxygen atoms in total. The van der Waals surface area contributed by atoms with Gasteiger partial charge in [0.15, 0.2) is 0 Å². The second-order valence-electron chi connectivity index (χ2n) is 5.30. The summed E-state index contributed by atoms with van der Waals surface area (Å²) in [4.78, 5) is -0.0629. The summed E-state index contributed by atoms with van der Waals surface area (Å²) in [5, 5.41) is 0. The zero-order valence-electron chi connectivity index (χ0n) is 13.6. The SMILES string of the molecule is COc1ccc(S(=O)(=O)NC(C)C)cc1NS(=O)(=O)c1ccc(Br)s1. The van der Waals surface area contributed by atoms with Crippen LogP contribution in [0.3, 0.4) is 0 Å². The van der Waals surface area contributed by atoms with Gasteiger partial charge in [-0.25, -0.2) is 21.6 Å². The Morgan fingerprint density at radius 1 is 1.08 bits per heavy atom. The summed E-state index contributed by atoms with van der Waals surface area (Å²) in [7, 11) is -6.27. The van der Waals surface area contributed by atoms with Gasteiger partial charge in [-0.15, -0.1) is 11.3 Å². The van der Waals surface area contributed by atoms with Crippen LogP contribution in [0.25, 0.3) is 0 Å². The first-order valence-electron chi connectivity index (χ1n) is 7.03. The van der Waals surface area contributed by atoms with Crippen molar-refractivity contribution >= 4 is 53.0 Å². The number of anilines is 1. The molecule has 0 radical (unpaired) electrons. The summed E-state index contributed by atoms with van der Waals surface area (Å²) in [5.41, 5.74) is 0.0404. The van der Waals surface area contributed by atoms with Crippen molar-refractivity contribution in [3.05, 3.63) is 34.1 Å².